The number of aromatic nitrogens is 2. The van der Waals surface area contributed by atoms with Gasteiger partial charge in [-0.2, -0.15) is 0 Å². The van der Waals surface area contributed by atoms with Crippen molar-refractivity contribution in [2.24, 2.45) is 0 Å². The Hall–Kier alpha value is -1.12. The second-order valence-electron chi connectivity index (χ2n) is 7.60. The van der Waals surface area contributed by atoms with E-state index in [4.69, 9.17) is 9.15 Å². The maximum atomic E-state index is 12.1. The normalized spacial score (nSPS) is 17.0. The van der Waals surface area contributed by atoms with Gasteiger partial charge in [0.15, 0.2) is 0 Å². The summed E-state index contributed by atoms with van der Waals surface area (Å²) in [5.41, 5.74) is -0.274. The van der Waals surface area contributed by atoms with E-state index in [0.29, 0.717) is 17.7 Å². The van der Waals surface area contributed by atoms with Crippen LogP contribution in [0.2, 0.25) is 0 Å². The summed E-state index contributed by atoms with van der Waals surface area (Å²) in [4.78, 5) is 14.4. The third kappa shape index (κ3) is 5.46. The lowest BCUT2D eigenvalue weighted by molar-refractivity contribution is -0.119. The molecule has 1 N–H and O–H groups in total. The topological polar surface area (TPSA) is 80.5 Å². The molecule has 0 aliphatic carbocycles. The lowest BCUT2D eigenvalue weighted by Crippen LogP contribution is -2.55. The van der Waals surface area contributed by atoms with E-state index in [0.717, 1.165) is 26.3 Å². The molecular weight excluding hydrogens is 328 g/mol. The van der Waals surface area contributed by atoms with Gasteiger partial charge in [0, 0.05) is 30.6 Å². The monoisotopic (exact) mass is 356 g/mol. The molecule has 1 amide bonds. The Bertz CT molecular complexity index is 548. The first-order chi connectivity index (χ1) is 11.2. The molecule has 24 heavy (non-hydrogen) atoms. The van der Waals surface area contributed by atoms with Crippen molar-refractivity contribution in [1.82, 2.24) is 20.4 Å². The van der Waals surface area contributed by atoms with Crippen LogP contribution in [0.15, 0.2) is 9.64 Å². The van der Waals surface area contributed by atoms with Crippen LogP contribution in [0.3, 0.4) is 0 Å². The van der Waals surface area contributed by atoms with Crippen molar-refractivity contribution in [1.29, 1.82) is 0 Å². The molecule has 0 atom stereocenters. The van der Waals surface area contributed by atoms with E-state index in [-0.39, 0.29) is 22.6 Å². The number of hydrogen-bond donors (Lipinski definition) is 1. The van der Waals surface area contributed by atoms with E-state index < -0.39 is 0 Å². The van der Waals surface area contributed by atoms with Crippen LogP contribution in [0.5, 0.6) is 0 Å². The van der Waals surface area contributed by atoms with Gasteiger partial charge >= 0.3 is 0 Å². The summed E-state index contributed by atoms with van der Waals surface area (Å²) in [5.74, 6) is 0.820. The minimum Gasteiger partial charge on any atom is -0.415 e. The highest BCUT2D eigenvalue weighted by molar-refractivity contribution is 7.99. The number of carbonyl (C=O) groups excluding carboxylic acids is 1. The lowest BCUT2D eigenvalue weighted by Gasteiger charge is -2.40. The van der Waals surface area contributed by atoms with E-state index in [9.17, 15) is 4.79 Å². The number of nitrogens with one attached hydrogen (secondary N) is 1. The van der Waals surface area contributed by atoms with E-state index in [1.165, 1.54) is 11.8 Å². The molecule has 1 aliphatic heterocycles. The standard InChI is InChI=1S/C16H28N4O3S/c1-15(2,3)13-18-19-14(23-13)24-10-12(21)17-11-16(4,5)20-6-8-22-9-7-20/h6-11H2,1-5H3,(H,17,21). The Morgan fingerprint density at radius 3 is 2.46 bits per heavy atom. The smallest absolute Gasteiger partial charge is 0.277 e. The van der Waals surface area contributed by atoms with Gasteiger partial charge in [-0.25, -0.2) is 0 Å². The van der Waals surface area contributed by atoms with Crippen LogP contribution in [0.25, 0.3) is 0 Å². The predicted molar refractivity (Wildman–Crippen MR) is 93.2 cm³/mol. The van der Waals surface area contributed by atoms with Crippen molar-refractivity contribution in [3.05, 3.63) is 5.89 Å². The SMILES string of the molecule is CC(C)(C)c1nnc(SCC(=O)NCC(C)(C)N2CCOCC2)o1. The molecule has 1 aromatic rings. The Morgan fingerprint density at radius 1 is 1.21 bits per heavy atom. The number of morpholine rings is 1. The summed E-state index contributed by atoms with van der Waals surface area (Å²) in [5, 5.41) is 11.4. The lowest BCUT2D eigenvalue weighted by atomic mass is 9.97. The molecule has 0 unspecified atom stereocenters. The molecule has 1 saturated heterocycles. The zero-order valence-electron chi connectivity index (χ0n) is 15.2. The molecule has 0 radical (unpaired) electrons. The molecule has 0 spiro atoms. The second kappa shape index (κ2) is 7.84. The minimum atomic E-state index is -0.184. The van der Waals surface area contributed by atoms with Crippen molar-refractivity contribution in [2.45, 2.75) is 50.8 Å². The average Bonchev–Trinajstić information content (AvgIpc) is 3.01. The number of thioether (sulfide) groups is 1. The molecule has 1 fully saturated rings. The van der Waals surface area contributed by atoms with Gasteiger partial charge in [0.1, 0.15) is 0 Å². The van der Waals surface area contributed by atoms with E-state index in [2.05, 4.69) is 34.3 Å². The molecule has 0 bridgehead atoms. The maximum Gasteiger partial charge on any atom is 0.277 e. The maximum absolute atomic E-state index is 12.1. The van der Waals surface area contributed by atoms with Crippen LogP contribution in [0, 0.1) is 0 Å². The van der Waals surface area contributed by atoms with Crippen molar-refractivity contribution in [2.75, 3.05) is 38.6 Å². The van der Waals surface area contributed by atoms with Gasteiger partial charge in [-0.1, -0.05) is 32.5 Å². The Kier molecular flexibility index (Phi) is 6.28. The van der Waals surface area contributed by atoms with E-state index >= 15 is 0 Å². The van der Waals surface area contributed by atoms with Crippen molar-refractivity contribution >= 4 is 17.7 Å². The molecule has 0 aromatic carbocycles. The highest BCUT2D eigenvalue weighted by Crippen LogP contribution is 2.24. The predicted octanol–water partition coefficient (Wildman–Crippen LogP) is 1.69. The first kappa shape index (κ1) is 19.2. The molecule has 8 heteroatoms. The van der Waals surface area contributed by atoms with Crippen LogP contribution in [-0.4, -0.2) is 65.1 Å². The Morgan fingerprint density at radius 2 is 1.88 bits per heavy atom. The molecular formula is C16H28N4O3S. The fourth-order valence-corrected chi connectivity index (χ4v) is 2.94. The summed E-state index contributed by atoms with van der Waals surface area (Å²) in [7, 11) is 0. The third-order valence-electron chi connectivity index (χ3n) is 3.96. The number of ether oxygens (including phenoxy) is 1. The highest BCUT2D eigenvalue weighted by atomic mass is 32.2. The summed E-state index contributed by atoms with van der Waals surface area (Å²) in [6.45, 7) is 14.2. The van der Waals surface area contributed by atoms with Gasteiger partial charge in [0.25, 0.3) is 5.22 Å². The van der Waals surface area contributed by atoms with Crippen molar-refractivity contribution in [3.8, 4) is 0 Å². The fraction of sp³-hybridized carbons (Fsp3) is 0.812. The fourth-order valence-electron chi connectivity index (χ4n) is 2.34. The van der Waals surface area contributed by atoms with Crippen LogP contribution in [0.1, 0.15) is 40.5 Å². The summed E-state index contributed by atoms with van der Waals surface area (Å²) in [6, 6.07) is 0. The molecule has 1 aliphatic rings. The number of rotatable bonds is 6. The van der Waals surface area contributed by atoms with Gasteiger partial charge in [-0.05, 0) is 13.8 Å². The van der Waals surface area contributed by atoms with Crippen LogP contribution in [-0.2, 0) is 14.9 Å². The molecule has 2 rings (SSSR count). The minimum absolute atomic E-state index is 0.0307. The van der Waals surface area contributed by atoms with E-state index in [1.54, 1.807) is 0 Å². The number of hydrogen-bond acceptors (Lipinski definition) is 7. The first-order valence-electron chi connectivity index (χ1n) is 8.25. The van der Waals surface area contributed by atoms with Crippen LogP contribution < -0.4 is 5.32 Å². The molecule has 0 saturated carbocycles. The molecule has 2 heterocycles. The Labute approximate surface area is 147 Å². The molecule has 1 aromatic heterocycles. The van der Waals surface area contributed by atoms with Gasteiger partial charge in [-0.3, -0.25) is 9.69 Å². The van der Waals surface area contributed by atoms with Crippen LogP contribution in [0.4, 0.5) is 0 Å². The molecule has 7 nitrogen and oxygen atoms in total. The average molecular weight is 356 g/mol. The zero-order valence-corrected chi connectivity index (χ0v) is 16.0. The third-order valence-corrected chi connectivity index (χ3v) is 4.78. The number of amides is 1. The van der Waals surface area contributed by atoms with Crippen molar-refractivity contribution < 1.29 is 13.9 Å². The first-order valence-corrected chi connectivity index (χ1v) is 9.23. The summed E-state index contributed by atoms with van der Waals surface area (Å²) >= 11 is 1.27. The number of carbonyl (C=O) groups is 1. The van der Waals surface area contributed by atoms with Gasteiger partial charge in [0.2, 0.25) is 11.8 Å². The summed E-state index contributed by atoms with van der Waals surface area (Å²) < 4.78 is 11.0. The second-order valence-corrected chi connectivity index (χ2v) is 8.53. The number of nitrogens with zero attached hydrogens (tertiary/aromatic N) is 3. The highest BCUT2D eigenvalue weighted by Gasteiger charge is 2.28. The van der Waals surface area contributed by atoms with Gasteiger partial charge in [0.05, 0.1) is 19.0 Å². The van der Waals surface area contributed by atoms with E-state index in [1.807, 2.05) is 20.8 Å². The quantitative estimate of drug-likeness (QED) is 0.777. The van der Waals surface area contributed by atoms with Gasteiger partial charge in [-0.15, -0.1) is 10.2 Å². The van der Waals surface area contributed by atoms with Crippen molar-refractivity contribution in [3.63, 3.8) is 0 Å². The zero-order chi connectivity index (χ0) is 17.8. The largest absolute Gasteiger partial charge is 0.415 e. The summed E-state index contributed by atoms with van der Waals surface area (Å²) in [6.07, 6.45) is 0. The molecule has 136 valence electrons. The Balaban J connectivity index is 1.76. The van der Waals surface area contributed by atoms with Crippen LogP contribution >= 0.6 is 11.8 Å². The van der Waals surface area contributed by atoms with Gasteiger partial charge < -0.3 is 14.5 Å².